The average Bonchev–Trinajstić information content (AvgIpc) is 2.53. The average molecular weight is 200 g/mol. The summed E-state index contributed by atoms with van der Waals surface area (Å²) in [6.07, 6.45) is 5.01. The summed E-state index contributed by atoms with van der Waals surface area (Å²) in [4.78, 5) is 2.34. The molecule has 0 bridgehead atoms. The highest BCUT2D eigenvalue weighted by Crippen LogP contribution is 2.32. The number of nitrogens with one attached hydrogen (secondary N) is 1. The Labute approximate surface area is 87.5 Å². The molecule has 1 fully saturated rings. The number of hydrogen-bond donors (Lipinski definition) is 2. The Morgan fingerprint density at radius 2 is 1.93 bits per heavy atom. The van der Waals surface area contributed by atoms with Gasteiger partial charge in [-0.05, 0) is 33.9 Å². The van der Waals surface area contributed by atoms with Crippen LogP contribution in [0.5, 0.6) is 0 Å². The summed E-state index contributed by atoms with van der Waals surface area (Å²) in [5, 5.41) is 12.5. The van der Waals surface area contributed by atoms with Crippen LogP contribution in [0.15, 0.2) is 0 Å². The molecule has 1 aliphatic carbocycles. The number of aliphatic hydroxyl groups excluding tert-OH is 1. The molecule has 84 valence electrons. The largest absolute Gasteiger partial charge is 0.392 e. The van der Waals surface area contributed by atoms with Crippen LogP contribution in [-0.2, 0) is 0 Å². The smallest absolute Gasteiger partial charge is 0.0636 e. The molecule has 0 amide bonds. The van der Waals surface area contributed by atoms with Crippen molar-refractivity contribution in [1.82, 2.24) is 10.2 Å². The fraction of sp³-hybridized carbons (Fsp3) is 1.00. The standard InChI is InChI=1S/C11H24N2O/c1-10(14)8-12-9-11(13(2)3)6-4-5-7-11/h10,12,14H,4-9H2,1-3H3/t10-/m0/s1. The van der Waals surface area contributed by atoms with E-state index in [1.165, 1.54) is 25.7 Å². The summed E-state index contributed by atoms with van der Waals surface area (Å²) in [6, 6.07) is 0. The maximum atomic E-state index is 9.17. The molecule has 14 heavy (non-hydrogen) atoms. The van der Waals surface area contributed by atoms with E-state index in [1.807, 2.05) is 6.92 Å². The topological polar surface area (TPSA) is 35.5 Å². The van der Waals surface area contributed by atoms with Gasteiger partial charge >= 0.3 is 0 Å². The van der Waals surface area contributed by atoms with Crippen LogP contribution in [0.2, 0.25) is 0 Å². The van der Waals surface area contributed by atoms with E-state index in [9.17, 15) is 5.11 Å². The maximum absolute atomic E-state index is 9.17. The van der Waals surface area contributed by atoms with Gasteiger partial charge in [-0.15, -0.1) is 0 Å². The molecule has 1 atom stereocenters. The molecule has 2 N–H and O–H groups in total. The first-order valence-electron chi connectivity index (χ1n) is 5.63. The van der Waals surface area contributed by atoms with Gasteiger partial charge in [0.05, 0.1) is 6.10 Å². The predicted molar refractivity (Wildman–Crippen MR) is 59.4 cm³/mol. The SMILES string of the molecule is C[C@H](O)CNCC1(N(C)C)CCCC1. The fourth-order valence-electron chi connectivity index (χ4n) is 2.33. The van der Waals surface area contributed by atoms with Crippen molar-refractivity contribution < 1.29 is 5.11 Å². The highest BCUT2D eigenvalue weighted by Gasteiger charge is 2.35. The molecule has 1 aliphatic rings. The van der Waals surface area contributed by atoms with Crippen LogP contribution in [-0.4, -0.2) is 48.8 Å². The molecule has 0 aromatic carbocycles. The molecular weight excluding hydrogens is 176 g/mol. The van der Waals surface area contributed by atoms with Crippen LogP contribution in [0.25, 0.3) is 0 Å². The van der Waals surface area contributed by atoms with E-state index in [4.69, 9.17) is 0 Å². The minimum atomic E-state index is -0.240. The van der Waals surface area contributed by atoms with E-state index in [0.717, 1.165) is 6.54 Å². The van der Waals surface area contributed by atoms with E-state index in [0.29, 0.717) is 12.1 Å². The van der Waals surface area contributed by atoms with Crippen LogP contribution in [0.4, 0.5) is 0 Å². The first-order chi connectivity index (χ1) is 6.57. The van der Waals surface area contributed by atoms with Gasteiger partial charge in [0.15, 0.2) is 0 Å². The summed E-state index contributed by atoms with van der Waals surface area (Å²) in [7, 11) is 4.32. The zero-order valence-electron chi connectivity index (χ0n) is 9.71. The summed E-state index contributed by atoms with van der Waals surface area (Å²) < 4.78 is 0. The van der Waals surface area contributed by atoms with E-state index in [-0.39, 0.29) is 6.10 Å². The van der Waals surface area contributed by atoms with Crippen molar-refractivity contribution in [1.29, 1.82) is 0 Å². The van der Waals surface area contributed by atoms with Crippen LogP contribution in [0.3, 0.4) is 0 Å². The zero-order valence-corrected chi connectivity index (χ0v) is 9.71. The molecule has 0 aromatic heterocycles. The predicted octanol–water partition coefficient (Wildman–Crippen LogP) is 0.831. The lowest BCUT2D eigenvalue weighted by Gasteiger charge is -2.36. The molecule has 1 rings (SSSR count). The van der Waals surface area contributed by atoms with Crippen LogP contribution in [0, 0.1) is 0 Å². The van der Waals surface area contributed by atoms with Gasteiger partial charge in [0.25, 0.3) is 0 Å². The molecule has 0 saturated heterocycles. The Balaban J connectivity index is 2.36. The van der Waals surface area contributed by atoms with Gasteiger partial charge in [-0.25, -0.2) is 0 Å². The van der Waals surface area contributed by atoms with Crippen molar-refractivity contribution in [2.24, 2.45) is 0 Å². The number of likely N-dealkylation sites (N-methyl/N-ethyl adjacent to an activating group) is 1. The lowest BCUT2D eigenvalue weighted by atomic mass is 9.96. The zero-order chi connectivity index (χ0) is 10.6. The van der Waals surface area contributed by atoms with Gasteiger partial charge in [-0.3, -0.25) is 0 Å². The molecule has 0 spiro atoms. The molecule has 0 radical (unpaired) electrons. The quantitative estimate of drug-likeness (QED) is 0.690. The molecule has 0 aliphatic heterocycles. The third kappa shape index (κ3) is 2.94. The summed E-state index contributed by atoms with van der Waals surface area (Å²) in [6.45, 7) is 3.53. The van der Waals surface area contributed by atoms with Gasteiger partial charge in [0, 0.05) is 18.6 Å². The highest BCUT2D eigenvalue weighted by atomic mass is 16.3. The van der Waals surface area contributed by atoms with Crippen molar-refractivity contribution in [3.8, 4) is 0 Å². The van der Waals surface area contributed by atoms with Crippen molar-refractivity contribution in [3.05, 3.63) is 0 Å². The third-order valence-electron chi connectivity index (χ3n) is 3.38. The first-order valence-corrected chi connectivity index (χ1v) is 5.63. The highest BCUT2D eigenvalue weighted by molar-refractivity contribution is 4.94. The molecule has 3 heteroatoms. The second-order valence-corrected chi connectivity index (χ2v) is 4.81. The number of aliphatic hydroxyl groups is 1. The Hall–Kier alpha value is -0.120. The summed E-state index contributed by atoms with van der Waals surface area (Å²) in [5.41, 5.74) is 0.342. The van der Waals surface area contributed by atoms with Crippen LogP contribution in [0.1, 0.15) is 32.6 Å². The summed E-state index contributed by atoms with van der Waals surface area (Å²) >= 11 is 0. The van der Waals surface area contributed by atoms with Gasteiger partial charge in [-0.1, -0.05) is 12.8 Å². The Morgan fingerprint density at radius 1 is 1.36 bits per heavy atom. The number of nitrogens with zero attached hydrogens (tertiary/aromatic N) is 1. The van der Waals surface area contributed by atoms with E-state index < -0.39 is 0 Å². The Kier molecular flexibility index (Phi) is 4.35. The molecule has 0 aromatic rings. The van der Waals surface area contributed by atoms with Gasteiger partial charge in [0.1, 0.15) is 0 Å². The van der Waals surface area contributed by atoms with Crippen molar-refractivity contribution in [2.45, 2.75) is 44.2 Å². The monoisotopic (exact) mass is 200 g/mol. The normalized spacial score (nSPS) is 22.9. The van der Waals surface area contributed by atoms with Crippen LogP contribution < -0.4 is 5.32 Å². The van der Waals surface area contributed by atoms with E-state index in [2.05, 4.69) is 24.3 Å². The summed E-state index contributed by atoms with van der Waals surface area (Å²) in [5.74, 6) is 0. The lowest BCUT2D eigenvalue weighted by Crippen LogP contribution is -2.50. The van der Waals surface area contributed by atoms with Crippen LogP contribution >= 0.6 is 0 Å². The fourth-order valence-corrected chi connectivity index (χ4v) is 2.33. The minimum absolute atomic E-state index is 0.240. The van der Waals surface area contributed by atoms with Gasteiger partial charge in [0.2, 0.25) is 0 Å². The van der Waals surface area contributed by atoms with E-state index in [1.54, 1.807) is 0 Å². The van der Waals surface area contributed by atoms with Crippen molar-refractivity contribution in [3.63, 3.8) is 0 Å². The molecular formula is C11H24N2O. The number of rotatable bonds is 5. The Morgan fingerprint density at radius 3 is 2.36 bits per heavy atom. The Bertz CT molecular complexity index is 163. The molecule has 3 nitrogen and oxygen atoms in total. The minimum Gasteiger partial charge on any atom is -0.392 e. The third-order valence-corrected chi connectivity index (χ3v) is 3.38. The van der Waals surface area contributed by atoms with E-state index >= 15 is 0 Å². The van der Waals surface area contributed by atoms with Gasteiger partial charge in [-0.2, -0.15) is 0 Å². The second-order valence-electron chi connectivity index (χ2n) is 4.81. The lowest BCUT2D eigenvalue weighted by molar-refractivity contribution is 0.139. The van der Waals surface area contributed by atoms with Crippen molar-refractivity contribution >= 4 is 0 Å². The van der Waals surface area contributed by atoms with Crippen molar-refractivity contribution in [2.75, 3.05) is 27.2 Å². The number of hydrogen-bond acceptors (Lipinski definition) is 3. The molecule has 0 unspecified atom stereocenters. The molecule has 0 heterocycles. The molecule has 1 saturated carbocycles. The second kappa shape index (κ2) is 5.10. The maximum Gasteiger partial charge on any atom is 0.0636 e. The first kappa shape index (κ1) is 12.0. The van der Waals surface area contributed by atoms with Gasteiger partial charge < -0.3 is 15.3 Å².